The average Bonchev–Trinajstić information content (AvgIpc) is 2.54. The largest absolute Gasteiger partial charge is 0.464 e. The van der Waals surface area contributed by atoms with Crippen LogP contribution in [0.25, 0.3) is 10.9 Å². The van der Waals surface area contributed by atoms with E-state index in [9.17, 15) is 4.79 Å². The first-order chi connectivity index (χ1) is 10.2. The molecule has 0 spiro atoms. The summed E-state index contributed by atoms with van der Waals surface area (Å²) in [5.74, 6) is -0.407. The van der Waals surface area contributed by atoms with Gasteiger partial charge in [-0.25, -0.2) is 9.78 Å². The lowest BCUT2D eigenvalue weighted by atomic mass is 10.0. The molecule has 1 saturated heterocycles. The Morgan fingerprint density at radius 2 is 2.00 bits per heavy atom. The van der Waals surface area contributed by atoms with Gasteiger partial charge in [0.05, 0.1) is 12.6 Å². The Kier molecular flexibility index (Phi) is 5.21. The molecule has 0 aliphatic carbocycles. The summed E-state index contributed by atoms with van der Waals surface area (Å²) in [6.07, 6.45) is 1.93. The number of benzene rings is 1. The zero-order chi connectivity index (χ0) is 14.8. The average molecular weight is 322 g/mol. The van der Waals surface area contributed by atoms with Gasteiger partial charge >= 0.3 is 5.97 Å². The molecule has 0 unspecified atom stereocenters. The van der Waals surface area contributed by atoms with Crippen LogP contribution in [0.1, 0.15) is 23.3 Å². The molecule has 0 radical (unpaired) electrons. The van der Waals surface area contributed by atoms with Crippen molar-refractivity contribution in [3.63, 3.8) is 0 Å². The second-order valence-electron chi connectivity index (χ2n) is 5.36. The predicted octanol–water partition coefficient (Wildman–Crippen LogP) is 2.37. The van der Waals surface area contributed by atoms with Gasteiger partial charge in [-0.05, 0) is 25.0 Å². The second-order valence-corrected chi connectivity index (χ2v) is 5.36. The molecule has 1 aliphatic rings. The molecule has 0 atom stereocenters. The Bertz CT molecular complexity index is 669. The highest BCUT2D eigenvalue weighted by Gasteiger charge is 2.20. The van der Waals surface area contributed by atoms with E-state index in [0.29, 0.717) is 5.69 Å². The summed E-state index contributed by atoms with van der Waals surface area (Å²) in [6, 6.07) is 9.96. The Morgan fingerprint density at radius 3 is 2.68 bits per heavy atom. The summed E-state index contributed by atoms with van der Waals surface area (Å²) in [5.41, 5.74) is 8.17. The quantitative estimate of drug-likeness (QED) is 0.860. The summed E-state index contributed by atoms with van der Waals surface area (Å²) in [6.45, 7) is 1.80. The summed E-state index contributed by atoms with van der Waals surface area (Å²) in [4.78, 5) is 18.5. The van der Waals surface area contributed by atoms with Gasteiger partial charge in [0.2, 0.25) is 0 Å². The van der Waals surface area contributed by atoms with Crippen molar-refractivity contribution in [3.05, 3.63) is 36.0 Å². The predicted molar refractivity (Wildman–Crippen MR) is 89.8 cm³/mol. The highest BCUT2D eigenvalue weighted by Crippen LogP contribution is 2.29. The maximum atomic E-state index is 11.8. The first kappa shape index (κ1) is 16.5. The normalized spacial score (nSPS) is 15.5. The van der Waals surface area contributed by atoms with E-state index in [-0.39, 0.29) is 18.4 Å². The fraction of sp³-hybridized carbons (Fsp3) is 0.375. The minimum Gasteiger partial charge on any atom is -0.464 e. The number of nitrogens with zero attached hydrogens (tertiary/aromatic N) is 2. The van der Waals surface area contributed by atoms with E-state index in [1.165, 1.54) is 7.11 Å². The van der Waals surface area contributed by atoms with Gasteiger partial charge in [-0.15, -0.1) is 12.4 Å². The van der Waals surface area contributed by atoms with Gasteiger partial charge in [-0.2, -0.15) is 0 Å². The number of hydrogen-bond donors (Lipinski definition) is 1. The van der Waals surface area contributed by atoms with Gasteiger partial charge in [-0.3, -0.25) is 0 Å². The van der Waals surface area contributed by atoms with Crippen LogP contribution in [0.5, 0.6) is 0 Å². The van der Waals surface area contributed by atoms with Gasteiger partial charge in [0.1, 0.15) is 0 Å². The van der Waals surface area contributed by atoms with Crippen LogP contribution in [0.15, 0.2) is 30.3 Å². The van der Waals surface area contributed by atoms with Gasteiger partial charge in [-0.1, -0.05) is 18.2 Å². The minimum atomic E-state index is -0.407. The molecule has 2 heterocycles. The summed E-state index contributed by atoms with van der Waals surface area (Å²) >= 11 is 0. The van der Waals surface area contributed by atoms with Crippen molar-refractivity contribution in [3.8, 4) is 0 Å². The number of methoxy groups -OCH3 is 1. The third kappa shape index (κ3) is 3.15. The molecule has 118 valence electrons. The van der Waals surface area contributed by atoms with Crippen LogP contribution in [0.2, 0.25) is 0 Å². The number of esters is 1. The fourth-order valence-electron chi connectivity index (χ4n) is 2.77. The van der Waals surface area contributed by atoms with E-state index in [0.717, 1.165) is 42.5 Å². The van der Waals surface area contributed by atoms with Crippen LogP contribution in [0.3, 0.4) is 0 Å². The highest BCUT2D eigenvalue weighted by molar-refractivity contribution is 5.98. The zero-order valence-electron chi connectivity index (χ0n) is 12.5. The van der Waals surface area contributed by atoms with Crippen LogP contribution in [-0.2, 0) is 4.74 Å². The molecular formula is C16H20ClN3O2. The Labute approximate surface area is 135 Å². The molecule has 1 aromatic carbocycles. The van der Waals surface area contributed by atoms with Crippen molar-refractivity contribution in [2.75, 3.05) is 25.1 Å². The molecule has 2 aromatic rings. The van der Waals surface area contributed by atoms with Crippen molar-refractivity contribution >= 4 is 35.0 Å². The van der Waals surface area contributed by atoms with Crippen LogP contribution < -0.4 is 10.6 Å². The third-order valence-electron chi connectivity index (χ3n) is 3.97. The van der Waals surface area contributed by atoms with Crippen LogP contribution in [-0.4, -0.2) is 37.2 Å². The second kappa shape index (κ2) is 6.94. The van der Waals surface area contributed by atoms with Crippen molar-refractivity contribution in [1.82, 2.24) is 4.98 Å². The van der Waals surface area contributed by atoms with Crippen molar-refractivity contribution in [2.45, 2.75) is 18.9 Å². The topological polar surface area (TPSA) is 68.5 Å². The number of anilines is 1. The monoisotopic (exact) mass is 321 g/mol. The number of halogens is 1. The Hall–Kier alpha value is -1.85. The van der Waals surface area contributed by atoms with Crippen LogP contribution in [0.4, 0.5) is 5.69 Å². The van der Waals surface area contributed by atoms with Crippen molar-refractivity contribution in [1.29, 1.82) is 0 Å². The van der Waals surface area contributed by atoms with E-state index < -0.39 is 5.97 Å². The number of carbonyl (C=O) groups is 1. The first-order valence-corrected chi connectivity index (χ1v) is 7.17. The maximum absolute atomic E-state index is 11.8. The number of nitrogens with two attached hydrogens (primary N) is 1. The molecule has 1 fully saturated rings. The number of hydrogen-bond acceptors (Lipinski definition) is 5. The number of pyridine rings is 1. The first-order valence-electron chi connectivity index (χ1n) is 7.17. The lowest BCUT2D eigenvalue weighted by molar-refractivity contribution is 0.0594. The molecule has 5 nitrogen and oxygen atoms in total. The number of carbonyl (C=O) groups excluding carboxylic acids is 1. The van der Waals surface area contributed by atoms with Crippen LogP contribution in [0, 0.1) is 0 Å². The molecule has 0 saturated carbocycles. The van der Waals surface area contributed by atoms with E-state index >= 15 is 0 Å². The molecule has 0 amide bonds. The van der Waals surface area contributed by atoms with E-state index in [2.05, 4.69) is 9.88 Å². The van der Waals surface area contributed by atoms with E-state index in [1.54, 1.807) is 0 Å². The maximum Gasteiger partial charge on any atom is 0.356 e. The van der Waals surface area contributed by atoms with E-state index in [1.807, 2.05) is 30.3 Å². The number of piperidine rings is 1. The molecule has 1 aliphatic heterocycles. The number of aromatic nitrogens is 1. The standard InChI is InChI=1S/C16H19N3O2.ClH/c1-21-16(20)14-10-15(19-8-6-11(17)7-9-19)12-4-2-3-5-13(12)18-14;/h2-5,10-11H,6-9,17H2,1H3;1H. The molecule has 0 bridgehead atoms. The van der Waals surface area contributed by atoms with Crippen LogP contribution >= 0.6 is 12.4 Å². The fourth-order valence-corrected chi connectivity index (χ4v) is 2.77. The Morgan fingerprint density at radius 1 is 1.32 bits per heavy atom. The van der Waals surface area contributed by atoms with E-state index in [4.69, 9.17) is 10.5 Å². The Balaban J connectivity index is 0.00000176. The van der Waals surface area contributed by atoms with Gasteiger partial charge in [0, 0.05) is 30.2 Å². The van der Waals surface area contributed by atoms with Gasteiger partial charge in [0.15, 0.2) is 5.69 Å². The van der Waals surface area contributed by atoms with Crippen molar-refractivity contribution in [2.24, 2.45) is 5.73 Å². The highest BCUT2D eigenvalue weighted by atomic mass is 35.5. The SMILES string of the molecule is COC(=O)c1cc(N2CCC(N)CC2)c2ccccc2n1.Cl. The molecule has 3 rings (SSSR count). The lowest BCUT2D eigenvalue weighted by Crippen LogP contribution is -2.39. The minimum absolute atomic E-state index is 0. The molecule has 22 heavy (non-hydrogen) atoms. The third-order valence-corrected chi connectivity index (χ3v) is 3.97. The lowest BCUT2D eigenvalue weighted by Gasteiger charge is -2.32. The number of fused-ring (bicyclic) bond motifs is 1. The molecular weight excluding hydrogens is 302 g/mol. The number of ether oxygens (including phenoxy) is 1. The van der Waals surface area contributed by atoms with Gasteiger partial charge < -0.3 is 15.4 Å². The summed E-state index contributed by atoms with van der Waals surface area (Å²) in [5, 5.41) is 1.06. The van der Waals surface area contributed by atoms with Crippen molar-refractivity contribution < 1.29 is 9.53 Å². The smallest absolute Gasteiger partial charge is 0.356 e. The summed E-state index contributed by atoms with van der Waals surface area (Å²) in [7, 11) is 1.37. The molecule has 6 heteroatoms. The van der Waals surface area contributed by atoms with Gasteiger partial charge in [0.25, 0.3) is 0 Å². The number of rotatable bonds is 2. The zero-order valence-corrected chi connectivity index (χ0v) is 13.3. The molecule has 2 N–H and O–H groups in total. The summed E-state index contributed by atoms with van der Waals surface area (Å²) < 4.78 is 4.80. The molecule has 1 aromatic heterocycles. The number of para-hydroxylation sites is 1.